The molecular formula is C15H25N5O2. The molecule has 2 fully saturated rings. The van der Waals surface area contributed by atoms with Crippen LogP contribution in [0.5, 0.6) is 0 Å². The molecule has 2 aliphatic heterocycles. The van der Waals surface area contributed by atoms with Gasteiger partial charge in [-0.05, 0) is 32.7 Å². The Morgan fingerprint density at radius 2 is 2.23 bits per heavy atom. The second kappa shape index (κ2) is 6.34. The van der Waals surface area contributed by atoms with E-state index in [4.69, 9.17) is 5.11 Å². The number of hydrogen-bond donors (Lipinski definition) is 1. The summed E-state index contributed by atoms with van der Waals surface area (Å²) in [6.07, 6.45) is 4.67. The van der Waals surface area contributed by atoms with Gasteiger partial charge in [-0.15, -0.1) is 10.2 Å². The Bertz CT molecular complexity index is 530. The van der Waals surface area contributed by atoms with Gasteiger partial charge >= 0.3 is 0 Å². The summed E-state index contributed by atoms with van der Waals surface area (Å²) >= 11 is 0. The third-order valence-electron chi connectivity index (χ3n) is 5.03. The minimum Gasteiger partial charge on any atom is -0.395 e. The Labute approximate surface area is 130 Å². The summed E-state index contributed by atoms with van der Waals surface area (Å²) in [6, 6.07) is 0. The van der Waals surface area contributed by atoms with Crippen molar-refractivity contribution in [3.05, 3.63) is 12.2 Å². The average Bonchev–Trinajstić information content (AvgIpc) is 3.13. The van der Waals surface area contributed by atoms with Gasteiger partial charge in [-0.2, -0.15) is 0 Å². The summed E-state index contributed by atoms with van der Waals surface area (Å²) in [5.41, 5.74) is -0.246. The lowest BCUT2D eigenvalue weighted by Crippen LogP contribution is -2.50. The molecule has 122 valence electrons. The van der Waals surface area contributed by atoms with Crippen LogP contribution in [0.2, 0.25) is 0 Å². The fourth-order valence-electron chi connectivity index (χ4n) is 3.82. The highest BCUT2D eigenvalue weighted by Crippen LogP contribution is 2.40. The number of aliphatic hydroxyl groups excluding tert-OH is 1. The molecule has 1 spiro atoms. The van der Waals surface area contributed by atoms with E-state index in [1.54, 1.807) is 6.33 Å². The number of aromatic nitrogens is 3. The van der Waals surface area contributed by atoms with Crippen LogP contribution in [0.15, 0.2) is 6.33 Å². The first kappa shape index (κ1) is 15.4. The van der Waals surface area contributed by atoms with Gasteiger partial charge in [-0.1, -0.05) is 0 Å². The number of nitrogens with zero attached hydrogens (tertiary/aromatic N) is 5. The number of rotatable bonds is 5. The van der Waals surface area contributed by atoms with Crippen molar-refractivity contribution >= 4 is 5.91 Å². The maximum Gasteiger partial charge on any atom is 0.230 e. The highest BCUT2D eigenvalue weighted by Gasteiger charge is 2.48. The normalized spacial score (nSPS) is 26.3. The Morgan fingerprint density at radius 1 is 1.36 bits per heavy atom. The van der Waals surface area contributed by atoms with Crippen LogP contribution in [0.3, 0.4) is 0 Å². The van der Waals surface area contributed by atoms with Crippen LogP contribution in [0.25, 0.3) is 0 Å². The van der Waals surface area contributed by atoms with Gasteiger partial charge in [0.1, 0.15) is 12.2 Å². The summed E-state index contributed by atoms with van der Waals surface area (Å²) in [6.45, 7) is 6.71. The maximum atomic E-state index is 12.8. The van der Waals surface area contributed by atoms with E-state index < -0.39 is 0 Å². The lowest BCUT2D eigenvalue weighted by atomic mass is 9.78. The van der Waals surface area contributed by atoms with Gasteiger partial charge in [0, 0.05) is 26.2 Å². The number of carbonyl (C=O) groups is 1. The van der Waals surface area contributed by atoms with Crippen LogP contribution < -0.4 is 0 Å². The van der Waals surface area contributed by atoms with E-state index in [1.807, 2.05) is 9.47 Å². The fraction of sp³-hybridized carbons (Fsp3) is 0.800. The van der Waals surface area contributed by atoms with Gasteiger partial charge in [0.25, 0.3) is 0 Å². The SMILES string of the molecule is CCn1cnnc1CN1CC[C@]2(CCCN(CCO)C2=O)C1. The lowest BCUT2D eigenvalue weighted by molar-refractivity contribution is -0.146. The first-order valence-corrected chi connectivity index (χ1v) is 8.18. The van der Waals surface area contributed by atoms with Crippen LogP contribution in [0.4, 0.5) is 0 Å². The molecular weight excluding hydrogens is 282 g/mol. The Morgan fingerprint density at radius 3 is 3.00 bits per heavy atom. The molecule has 2 saturated heterocycles. The highest BCUT2D eigenvalue weighted by molar-refractivity contribution is 5.84. The number of amides is 1. The molecule has 1 N–H and O–H groups in total. The van der Waals surface area contributed by atoms with Crippen LogP contribution in [0.1, 0.15) is 32.0 Å². The monoisotopic (exact) mass is 307 g/mol. The van der Waals surface area contributed by atoms with Crippen LogP contribution in [0, 0.1) is 5.41 Å². The second-order valence-electron chi connectivity index (χ2n) is 6.39. The third-order valence-corrected chi connectivity index (χ3v) is 5.03. The third kappa shape index (κ3) is 2.75. The summed E-state index contributed by atoms with van der Waals surface area (Å²) in [5.74, 6) is 1.20. The smallest absolute Gasteiger partial charge is 0.230 e. The minimum atomic E-state index is -0.246. The predicted molar refractivity (Wildman–Crippen MR) is 80.9 cm³/mol. The number of piperidine rings is 1. The first-order chi connectivity index (χ1) is 10.7. The summed E-state index contributed by atoms with van der Waals surface area (Å²) in [7, 11) is 0. The standard InChI is InChI=1S/C15H25N5O2/c1-2-19-12-16-17-13(19)10-18-7-5-15(11-18)4-3-6-20(8-9-21)14(15)22/h12,21H,2-11H2,1H3/t15-/m1/s1. The number of aryl methyl sites for hydroxylation is 1. The molecule has 1 atom stereocenters. The lowest BCUT2D eigenvalue weighted by Gasteiger charge is -2.39. The van der Waals surface area contributed by atoms with Gasteiger partial charge in [0.2, 0.25) is 5.91 Å². The molecule has 7 heteroatoms. The summed E-state index contributed by atoms with van der Waals surface area (Å²) in [4.78, 5) is 16.9. The molecule has 0 aromatic carbocycles. The van der Waals surface area contributed by atoms with E-state index in [-0.39, 0.29) is 17.9 Å². The minimum absolute atomic E-state index is 0.0468. The van der Waals surface area contributed by atoms with Crippen LogP contribution >= 0.6 is 0 Å². The van der Waals surface area contributed by atoms with Gasteiger partial charge < -0.3 is 14.6 Å². The Kier molecular flexibility index (Phi) is 4.44. The molecule has 0 unspecified atom stereocenters. The van der Waals surface area contributed by atoms with E-state index in [9.17, 15) is 4.79 Å². The van der Waals surface area contributed by atoms with Crippen molar-refractivity contribution in [2.75, 3.05) is 32.8 Å². The summed E-state index contributed by atoms with van der Waals surface area (Å²) in [5, 5.41) is 17.3. The second-order valence-corrected chi connectivity index (χ2v) is 6.39. The van der Waals surface area contributed by atoms with Crippen molar-refractivity contribution < 1.29 is 9.90 Å². The molecule has 0 aliphatic carbocycles. The van der Waals surface area contributed by atoms with E-state index in [2.05, 4.69) is 22.0 Å². The van der Waals surface area contributed by atoms with Crippen LogP contribution in [-0.4, -0.2) is 68.4 Å². The molecule has 2 aliphatic rings. The topological polar surface area (TPSA) is 74.5 Å². The molecule has 0 saturated carbocycles. The van der Waals surface area contributed by atoms with Crippen molar-refractivity contribution in [3.8, 4) is 0 Å². The fourth-order valence-corrected chi connectivity index (χ4v) is 3.82. The maximum absolute atomic E-state index is 12.8. The zero-order valence-corrected chi connectivity index (χ0v) is 13.2. The molecule has 22 heavy (non-hydrogen) atoms. The number of β-amino-alcohol motifs (C(OH)–C–C–N with tert-alkyl or cyclic N) is 1. The Hall–Kier alpha value is -1.47. The van der Waals surface area contributed by atoms with Crippen LogP contribution in [-0.2, 0) is 17.9 Å². The van der Waals surface area contributed by atoms with Crippen molar-refractivity contribution in [1.82, 2.24) is 24.6 Å². The number of likely N-dealkylation sites (tertiary alicyclic amines) is 2. The van der Waals surface area contributed by atoms with E-state index in [0.717, 1.165) is 57.8 Å². The zero-order chi connectivity index (χ0) is 15.6. The number of hydrogen-bond acceptors (Lipinski definition) is 5. The van der Waals surface area contributed by atoms with Gasteiger partial charge in [-0.3, -0.25) is 9.69 Å². The molecule has 1 aromatic rings. The molecule has 3 heterocycles. The van der Waals surface area contributed by atoms with Crippen molar-refractivity contribution in [2.24, 2.45) is 5.41 Å². The van der Waals surface area contributed by atoms with Crippen molar-refractivity contribution in [1.29, 1.82) is 0 Å². The number of aliphatic hydroxyl groups is 1. The molecule has 0 bridgehead atoms. The van der Waals surface area contributed by atoms with E-state index >= 15 is 0 Å². The zero-order valence-electron chi connectivity index (χ0n) is 13.2. The van der Waals surface area contributed by atoms with Gasteiger partial charge in [0.15, 0.2) is 0 Å². The van der Waals surface area contributed by atoms with Crippen molar-refractivity contribution in [2.45, 2.75) is 39.3 Å². The quantitative estimate of drug-likeness (QED) is 0.835. The average molecular weight is 307 g/mol. The van der Waals surface area contributed by atoms with E-state index in [1.165, 1.54) is 0 Å². The molecule has 3 rings (SSSR count). The molecule has 1 aromatic heterocycles. The Balaban J connectivity index is 1.67. The largest absolute Gasteiger partial charge is 0.395 e. The van der Waals surface area contributed by atoms with Gasteiger partial charge in [-0.25, -0.2) is 0 Å². The van der Waals surface area contributed by atoms with Crippen molar-refractivity contribution in [3.63, 3.8) is 0 Å². The molecule has 0 radical (unpaired) electrons. The first-order valence-electron chi connectivity index (χ1n) is 8.18. The van der Waals surface area contributed by atoms with Gasteiger partial charge in [0.05, 0.1) is 18.6 Å². The molecule has 1 amide bonds. The predicted octanol–water partition coefficient (Wildman–Crippen LogP) is 0.105. The summed E-state index contributed by atoms with van der Waals surface area (Å²) < 4.78 is 2.05. The molecule has 7 nitrogen and oxygen atoms in total. The number of carbonyl (C=O) groups excluding carboxylic acids is 1. The highest BCUT2D eigenvalue weighted by atomic mass is 16.3. The van der Waals surface area contributed by atoms with E-state index in [0.29, 0.717) is 6.54 Å².